The van der Waals surface area contributed by atoms with E-state index >= 15 is 0 Å². The minimum atomic E-state index is -1.13. The third kappa shape index (κ3) is 3.47. The molecule has 6 nitrogen and oxygen atoms in total. The Kier molecular flexibility index (Phi) is 4.43. The molecule has 1 atom stereocenters. The van der Waals surface area contributed by atoms with Crippen molar-refractivity contribution in [2.24, 2.45) is 0 Å². The van der Waals surface area contributed by atoms with Crippen LogP contribution < -0.4 is 5.32 Å². The van der Waals surface area contributed by atoms with Gasteiger partial charge in [0.2, 0.25) is 0 Å². The monoisotopic (exact) mass is 338 g/mol. The molecule has 0 saturated heterocycles. The number of aliphatic carboxylic acids is 1. The summed E-state index contributed by atoms with van der Waals surface area (Å²) in [4.78, 5) is 27.0. The number of carbonyl (C=O) groups is 2. The molecule has 0 aliphatic rings. The van der Waals surface area contributed by atoms with Crippen LogP contribution in [0.1, 0.15) is 21.5 Å². The van der Waals surface area contributed by atoms with E-state index in [4.69, 9.17) is 0 Å². The number of phenols is 1. The predicted octanol–water partition coefficient (Wildman–Crippen LogP) is 2.61. The van der Waals surface area contributed by atoms with E-state index < -0.39 is 17.9 Å². The highest BCUT2D eigenvalue weighted by Gasteiger charge is 2.23. The fourth-order valence-electron chi connectivity index (χ4n) is 2.79. The number of hydrogen-bond acceptors (Lipinski definition) is 3. The number of rotatable bonds is 5. The zero-order valence-electron chi connectivity index (χ0n) is 13.6. The quantitative estimate of drug-likeness (QED) is 0.574. The fourth-order valence-corrected chi connectivity index (χ4v) is 2.79. The van der Waals surface area contributed by atoms with Gasteiger partial charge in [-0.15, -0.1) is 0 Å². The number of aromatic nitrogens is 1. The van der Waals surface area contributed by atoms with Crippen LogP contribution >= 0.6 is 0 Å². The number of benzene rings is 2. The van der Waals surface area contributed by atoms with E-state index in [0.29, 0.717) is 0 Å². The number of carboxylic acids is 1. The maximum atomic E-state index is 12.3. The maximum absolute atomic E-state index is 12.3. The first kappa shape index (κ1) is 16.6. The summed E-state index contributed by atoms with van der Waals surface area (Å²) in [5, 5.41) is 22.8. The number of carboxylic acid groups (broad SMARTS) is 1. The van der Waals surface area contributed by atoms with Gasteiger partial charge in [-0.2, -0.15) is 0 Å². The molecule has 1 aromatic heterocycles. The van der Waals surface area contributed by atoms with Gasteiger partial charge in [0, 0.05) is 23.5 Å². The Morgan fingerprint density at radius 1 is 1.20 bits per heavy atom. The number of phenolic OH excluding ortho intramolecular Hbond substituents is 1. The average Bonchev–Trinajstić information content (AvgIpc) is 2.97. The van der Waals surface area contributed by atoms with Gasteiger partial charge in [0.1, 0.15) is 11.8 Å². The molecular formula is C19H18N2O4. The van der Waals surface area contributed by atoms with Crippen LogP contribution in [0.5, 0.6) is 5.75 Å². The molecule has 1 amide bonds. The van der Waals surface area contributed by atoms with Gasteiger partial charge in [0.25, 0.3) is 5.91 Å². The van der Waals surface area contributed by atoms with Gasteiger partial charge in [-0.3, -0.25) is 4.79 Å². The predicted molar refractivity (Wildman–Crippen MR) is 93.7 cm³/mol. The first-order valence-electron chi connectivity index (χ1n) is 7.84. The van der Waals surface area contributed by atoms with Crippen molar-refractivity contribution in [3.05, 3.63) is 65.4 Å². The molecule has 25 heavy (non-hydrogen) atoms. The number of amides is 1. The van der Waals surface area contributed by atoms with Crippen molar-refractivity contribution in [1.29, 1.82) is 0 Å². The first-order valence-corrected chi connectivity index (χ1v) is 7.84. The van der Waals surface area contributed by atoms with Crippen molar-refractivity contribution in [2.45, 2.75) is 19.4 Å². The highest BCUT2D eigenvalue weighted by Crippen LogP contribution is 2.21. The largest absolute Gasteiger partial charge is 0.507 e. The van der Waals surface area contributed by atoms with E-state index in [9.17, 15) is 19.8 Å². The molecule has 3 aromatic rings. The van der Waals surface area contributed by atoms with Crippen molar-refractivity contribution in [3.8, 4) is 5.75 Å². The summed E-state index contributed by atoms with van der Waals surface area (Å²) in [7, 11) is 0. The van der Waals surface area contributed by atoms with E-state index in [1.807, 2.05) is 24.3 Å². The Balaban J connectivity index is 1.82. The molecule has 2 aromatic carbocycles. The van der Waals surface area contributed by atoms with Gasteiger partial charge >= 0.3 is 5.97 Å². The number of hydrogen-bond donors (Lipinski definition) is 4. The second-order valence-corrected chi connectivity index (χ2v) is 5.95. The van der Waals surface area contributed by atoms with Crippen molar-refractivity contribution < 1.29 is 19.8 Å². The van der Waals surface area contributed by atoms with Crippen LogP contribution in [-0.2, 0) is 11.2 Å². The van der Waals surface area contributed by atoms with Gasteiger partial charge < -0.3 is 20.5 Å². The Morgan fingerprint density at radius 3 is 2.68 bits per heavy atom. The Bertz CT molecular complexity index is 946. The minimum absolute atomic E-state index is 0.0516. The number of carbonyl (C=O) groups excluding carboxylic acids is 1. The number of para-hydroxylation sites is 1. The van der Waals surface area contributed by atoms with Crippen LogP contribution in [0.25, 0.3) is 10.9 Å². The molecule has 4 N–H and O–H groups in total. The van der Waals surface area contributed by atoms with Crippen molar-refractivity contribution in [2.75, 3.05) is 0 Å². The summed E-state index contributed by atoms with van der Waals surface area (Å²) in [6.45, 7) is 1.79. The van der Waals surface area contributed by atoms with E-state index in [1.54, 1.807) is 19.2 Å². The summed E-state index contributed by atoms with van der Waals surface area (Å²) in [5.74, 6) is -1.93. The van der Waals surface area contributed by atoms with Crippen molar-refractivity contribution >= 4 is 22.8 Å². The fraction of sp³-hybridized carbons (Fsp3) is 0.158. The summed E-state index contributed by atoms with van der Waals surface area (Å²) < 4.78 is 0. The zero-order chi connectivity index (χ0) is 18.0. The molecule has 0 bridgehead atoms. The van der Waals surface area contributed by atoms with E-state index in [2.05, 4.69) is 10.3 Å². The number of fused-ring (bicyclic) bond motifs is 1. The normalized spacial score (nSPS) is 12.0. The Morgan fingerprint density at radius 2 is 1.96 bits per heavy atom. The highest BCUT2D eigenvalue weighted by atomic mass is 16.4. The minimum Gasteiger partial charge on any atom is -0.507 e. The number of H-pyrrole nitrogens is 1. The summed E-state index contributed by atoms with van der Waals surface area (Å²) in [6, 6.07) is 11.1. The van der Waals surface area contributed by atoms with E-state index in [1.165, 1.54) is 12.1 Å². The number of nitrogens with one attached hydrogen (secondary N) is 2. The molecule has 0 spiro atoms. The molecule has 3 rings (SSSR count). The lowest BCUT2D eigenvalue weighted by molar-refractivity contribution is -0.139. The smallest absolute Gasteiger partial charge is 0.326 e. The first-order chi connectivity index (χ1) is 12.0. The molecule has 6 heteroatoms. The van der Waals surface area contributed by atoms with E-state index in [-0.39, 0.29) is 17.7 Å². The highest BCUT2D eigenvalue weighted by molar-refractivity contribution is 5.99. The number of aromatic amines is 1. The standard InChI is InChI=1S/C19H18N2O4/c1-11-6-7-14(17(22)8-11)18(23)21-16(19(24)25)9-12-10-20-15-5-3-2-4-13(12)15/h2-8,10,16,20,22H,9H2,1H3,(H,21,23)(H,24,25). The third-order valence-electron chi connectivity index (χ3n) is 4.10. The lowest BCUT2D eigenvalue weighted by atomic mass is 10.0. The molecule has 1 heterocycles. The van der Waals surface area contributed by atoms with Crippen LogP contribution in [0, 0.1) is 6.92 Å². The van der Waals surface area contributed by atoms with Crippen molar-refractivity contribution in [1.82, 2.24) is 10.3 Å². The summed E-state index contributed by atoms with van der Waals surface area (Å²) >= 11 is 0. The SMILES string of the molecule is Cc1ccc(C(=O)NC(Cc2c[nH]c3ccccc23)C(=O)O)c(O)c1. The average molecular weight is 338 g/mol. The second-order valence-electron chi connectivity index (χ2n) is 5.95. The third-order valence-corrected chi connectivity index (χ3v) is 4.10. The maximum Gasteiger partial charge on any atom is 0.326 e. The number of aromatic hydroxyl groups is 1. The van der Waals surface area contributed by atoms with Gasteiger partial charge in [-0.05, 0) is 36.2 Å². The molecule has 128 valence electrons. The van der Waals surface area contributed by atoms with Crippen LogP contribution in [0.4, 0.5) is 0 Å². The molecule has 0 saturated carbocycles. The second kappa shape index (κ2) is 6.68. The summed E-state index contributed by atoms with van der Waals surface area (Å²) in [6.07, 6.45) is 1.88. The molecule has 0 aliphatic heterocycles. The van der Waals surface area contributed by atoms with E-state index in [0.717, 1.165) is 22.0 Å². The molecule has 0 radical (unpaired) electrons. The molecule has 1 unspecified atom stereocenters. The Hall–Kier alpha value is -3.28. The van der Waals surface area contributed by atoms with Crippen LogP contribution in [-0.4, -0.2) is 33.1 Å². The van der Waals surface area contributed by atoms with Crippen LogP contribution in [0.2, 0.25) is 0 Å². The topological polar surface area (TPSA) is 102 Å². The van der Waals surface area contributed by atoms with Crippen molar-refractivity contribution in [3.63, 3.8) is 0 Å². The van der Waals surface area contributed by atoms with Crippen LogP contribution in [0.15, 0.2) is 48.7 Å². The number of aryl methyl sites for hydroxylation is 1. The lowest BCUT2D eigenvalue weighted by Crippen LogP contribution is -2.42. The lowest BCUT2D eigenvalue weighted by Gasteiger charge is -2.15. The van der Waals surface area contributed by atoms with Gasteiger partial charge in [-0.1, -0.05) is 24.3 Å². The molecule has 0 aliphatic carbocycles. The van der Waals surface area contributed by atoms with Gasteiger partial charge in [0.15, 0.2) is 0 Å². The zero-order valence-corrected chi connectivity index (χ0v) is 13.6. The van der Waals surface area contributed by atoms with Gasteiger partial charge in [-0.25, -0.2) is 4.79 Å². The molecule has 0 fully saturated rings. The molecular weight excluding hydrogens is 320 g/mol. The summed E-state index contributed by atoms with van der Waals surface area (Å²) in [5.41, 5.74) is 2.57. The van der Waals surface area contributed by atoms with Crippen LogP contribution in [0.3, 0.4) is 0 Å². The van der Waals surface area contributed by atoms with Gasteiger partial charge in [0.05, 0.1) is 5.56 Å². The Labute approximate surface area is 144 Å².